The second-order valence-electron chi connectivity index (χ2n) is 3.79. The van der Waals surface area contributed by atoms with Crippen LogP contribution in [0.4, 0.5) is 0 Å². The number of rotatable bonds is 2. The Bertz CT molecular complexity index is 841. The molecule has 4 nitrogen and oxygen atoms in total. The Hall–Kier alpha value is -2.14. The number of hydrogen-bond donors (Lipinski definition) is 0. The van der Waals surface area contributed by atoms with Gasteiger partial charge in [-0.2, -0.15) is 0 Å². The van der Waals surface area contributed by atoms with Gasteiger partial charge in [0.2, 0.25) is 0 Å². The number of fused-ring (bicyclic) bond motifs is 1. The van der Waals surface area contributed by atoms with Crippen LogP contribution in [-0.2, 0) is 10.0 Å². The van der Waals surface area contributed by atoms with Gasteiger partial charge in [0.1, 0.15) is 0 Å². The molecule has 0 aliphatic carbocycles. The fraction of sp³-hybridized carbons (Fsp3) is 0. The van der Waals surface area contributed by atoms with E-state index in [1.54, 1.807) is 30.5 Å². The third-order valence-electron chi connectivity index (χ3n) is 2.67. The van der Waals surface area contributed by atoms with Crippen molar-refractivity contribution in [2.75, 3.05) is 0 Å². The highest BCUT2D eigenvalue weighted by Crippen LogP contribution is 2.20. The Morgan fingerprint density at radius 3 is 2.67 bits per heavy atom. The minimum atomic E-state index is -3.75. The minimum Gasteiger partial charge on any atom is -0.264 e. The highest BCUT2D eigenvalue weighted by molar-refractivity contribution is 7.90. The molecule has 3 aromatic rings. The van der Waals surface area contributed by atoms with E-state index < -0.39 is 10.0 Å². The second kappa shape index (κ2) is 3.96. The highest BCUT2D eigenvalue weighted by atomic mass is 32.2. The summed E-state index contributed by atoms with van der Waals surface area (Å²) in [4.78, 5) is 4.10. The lowest BCUT2D eigenvalue weighted by molar-refractivity contribution is 0.589. The molecule has 0 fully saturated rings. The lowest BCUT2D eigenvalue weighted by Crippen LogP contribution is -2.11. The van der Waals surface area contributed by atoms with Crippen LogP contribution < -0.4 is 0 Å². The fourth-order valence-electron chi connectivity index (χ4n) is 1.79. The molecule has 0 atom stereocenters. The second-order valence-corrected chi connectivity index (χ2v) is 5.58. The average Bonchev–Trinajstić information content (AvgIpc) is 2.76. The molecule has 5 heteroatoms. The average molecular weight is 259 g/mol. The molecule has 1 aromatic carbocycles. The third kappa shape index (κ3) is 1.60. The van der Waals surface area contributed by atoms with E-state index >= 15 is 0 Å². The number of aromatic nitrogens is 2. The van der Waals surface area contributed by atoms with Crippen molar-refractivity contribution in [1.82, 2.24) is 8.96 Å². The van der Waals surface area contributed by atoms with Gasteiger partial charge in [0.05, 0.1) is 11.8 Å². The quantitative estimate of drug-likeness (QED) is 0.709. The topological polar surface area (TPSA) is 52.0 Å². The van der Waals surface area contributed by atoms with Crippen molar-refractivity contribution in [1.29, 1.82) is 0 Å². The van der Waals surface area contributed by atoms with E-state index in [0.717, 1.165) is 3.97 Å². The van der Waals surface area contributed by atoms with Crippen LogP contribution >= 0.6 is 0 Å². The predicted molar refractivity (Wildman–Crippen MR) is 68.8 cm³/mol. The summed E-state index contributed by atoms with van der Waals surface area (Å²) in [6.45, 7) is 0. The zero-order chi connectivity index (χ0) is 13.5. The van der Waals surface area contributed by atoms with Crippen LogP contribution in [0.2, 0.25) is 0 Å². The van der Waals surface area contributed by atoms with Crippen LogP contribution in [0.15, 0.2) is 65.9 Å². The van der Waals surface area contributed by atoms with E-state index in [1.807, 2.05) is 0 Å². The molecule has 0 spiro atoms. The maximum Gasteiger partial charge on any atom is 0.268 e. The molecule has 90 valence electrons. The lowest BCUT2D eigenvalue weighted by atomic mass is 10.3. The SMILES string of the molecule is [2H]c1cc2cnccc2n1S(=O)(=O)c1ccccc1. The Kier molecular flexibility index (Phi) is 2.16. The summed E-state index contributed by atoms with van der Waals surface area (Å²) in [5, 5.41) is 0.631. The normalized spacial score (nSPS) is 12.6. The Balaban J connectivity index is 2.34. The largest absolute Gasteiger partial charge is 0.268 e. The van der Waals surface area contributed by atoms with E-state index in [4.69, 9.17) is 1.37 Å². The van der Waals surface area contributed by atoms with Crippen molar-refractivity contribution >= 4 is 20.9 Å². The maximum absolute atomic E-state index is 12.6. The molecule has 0 unspecified atom stereocenters. The molecule has 3 rings (SSSR count). The smallest absolute Gasteiger partial charge is 0.264 e. The van der Waals surface area contributed by atoms with Crippen LogP contribution in [-0.4, -0.2) is 17.4 Å². The van der Waals surface area contributed by atoms with Crippen LogP contribution in [0.25, 0.3) is 10.9 Å². The first-order valence-electron chi connectivity index (χ1n) is 5.83. The van der Waals surface area contributed by atoms with Crippen molar-refractivity contribution in [3.05, 3.63) is 61.0 Å². The van der Waals surface area contributed by atoms with Gasteiger partial charge in [-0.15, -0.1) is 0 Å². The molecular formula is C13H10N2O2S. The highest BCUT2D eigenvalue weighted by Gasteiger charge is 2.17. The molecule has 0 radical (unpaired) electrons. The minimum absolute atomic E-state index is 0.0770. The lowest BCUT2D eigenvalue weighted by Gasteiger charge is -2.06. The third-order valence-corrected chi connectivity index (χ3v) is 4.32. The first kappa shape index (κ1) is 9.85. The predicted octanol–water partition coefficient (Wildman–Crippen LogP) is 2.27. The van der Waals surface area contributed by atoms with Crippen molar-refractivity contribution in [2.24, 2.45) is 0 Å². The zero-order valence-corrected chi connectivity index (χ0v) is 10.1. The Labute approximate surface area is 106 Å². The van der Waals surface area contributed by atoms with Crippen LogP contribution in [0, 0.1) is 0 Å². The van der Waals surface area contributed by atoms with Crippen LogP contribution in [0.5, 0.6) is 0 Å². The van der Waals surface area contributed by atoms with Gasteiger partial charge in [-0.1, -0.05) is 18.2 Å². The number of pyridine rings is 1. The molecule has 2 heterocycles. The molecule has 0 amide bonds. The summed E-state index contributed by atoms with van der Waals surface area (Å²) in [6.07, 6.45) is 2.98. The van der Waals surface area contributed by atoms with Gasteiger partial charge in [-0.3, -0.25) is 4.98 Å². The van der Waals surface area contributed by atoms with Gasteiger partial charge < -0.3 is 0 Å². The number of hydrogen-bond acceptors (Lipinski definition) is 3. The van der Waals surface area contributed by atoms with Gasteiger partial charge in [-0.25, -0.2) is 12.4 Å². The molecule has 0 saturated heterocycles. The Morgan fingerprint density at radius 1 is 1.11 bits per heavy atom. The van der Waals surface area contributed by atoms with Gasteiger partial charge in [0.25, 0.3) is 10.0 Å². The fourth-order valence-corrected chi connectivity index (χ4v) is 3.12. The van der Waals surface area contributed by atoms with Gasteiger partial charge in [0, 0.05) is 24.0 Å². The maximum atomic E-state index is 12.6. The van der Waals surface area contributed by atoms with E-state index in [-0.39, 0.29) is 11.1 Å². The van der Waals surface area contributed by atoms with Crippen LogP contribution in [0.3, 0.4) is 0 Å². The van der Waals surface area contributed by atoms with Crippen molar-refractivity contribution in [3.8, 4) is 0 Å². The van der Waals surface area contributed by atoms with E-state index in [1.165, 1.54) is 24.4 Å². The summed E-state index contributed by atoms with van der Waals surface area (Å²) in [6, 6.07) is 11.2. The monoisotopic (exact) mass is 259 g/mol. The standard InChI is InChI=1S/C13H10N2O2S/c16-18(17,12-4-2-1-3-5-12)15-9-7-11-10-14-8-6-13(11)15/h1-10H/i9D. The van der Waals surface area contributed by atoms with Crippen molar-refractivity contribution < 1.29 is 9.79 Å². The number of benzene rings is 1. The van der Waals surface area contributed by atoms with E-state index in [0.29, 0.717) is 10.9 Å². The first-order valence-corrected chi connectivity index (χ1v) is 6.77. The summed E-state index contributed by atoms with van der Waals surface area (Å²) in [5.41, 5.74) is 0.462. The molecule has 2 aromatic heterocycles. The summed E-state index contributed by atoms with van der Waals surface area (Å²) < 4.78 is 34.0. The van der Waals surface area contributed by atoms with E-state index in [9.17, 15) is 8.42 Å². The first-order chi connectivity index (χ1) is 9.10. The van der Waals surface area contributed by atoms with E-state index in [2.05, 4.69) is 4.98 Å². The summed E-state index contributed by atoms with van der Waals surface area (Å²) >= 11 is 0. The van der Waals surface area contributed by atoms with Gasteiger partial charge in [0.15, 0.2) is 0 Å². The van der Waals surface area contributed by atoms with Crippen LogP contribution in [0.1, 0.15) is 1.37 Å². The Morgan fingerprint density at radius 2 is 1.89 bits per heavy atom. The molecule has 18 heavy (non-hydrogen) atoms. The molecule has 0 aliphatic heterocycles. The molecule has 0 saturated carbocycles. The van der Waals surface area contributed by atoms with Gasteiger partial charge >= 0.3 is 0 Å². The number of nitrogens with zero attached hydrogens (tertiary/aromatic N) is 2. The summed E-state index contributed by atoms with van der Waals surface area (Å²) in [5.74, 6) is 0. The molecule has 0 N–H and O–H groups in total. The molecular weight excluding hydrogens is 248 g/mol. The van der Waals surface area contributed by atoms with Gasteiger partial charge in [-0.05, 0) is 24.3 Å². The van der Waals surface area contributed by atoms with Crippen molar-refractivity contribution in [2.45, 2.75) is 4.90 Å². The summed E-state index contributed by atoms with van der Waals surface area (Å²) in [7, 11) is -3.75. The zero-order valence-electron chi connectivity index (χ0n) is 10.3. The van der Waals surface area contributed by atoms with Crippen molar-refractivity contribution in [3.63, 3.8) is 0 Å². The molecule has 0 aliphatic rings. The molecule has 0 bridgehead atoms.